The van der Waals surface area contributed by atoms with E-state index in [0.717, 1.165) is 14.8 Å². The number of aromatic nitrogens is 1. The number of thioether (sulfide) groups is 1. The van der Waals surface area contributed by atoms with Gasteiger partial charge in [-0.3, -0.25) is 9.59 Å². The van der Waals surface area contributed by atoms with E-state index in [-0.39, 0.29) is 17.3 Å². The van der Waals surface area contributed by atoms with Crippen molar-refractivity contribution in [1.82, 2.24) is 9.29 Å². The zero-order valence-electron chi connectivity index (χ0n) is 15.4. The number of nitrogens with one attached hydrogen (secondary N) is 2. The number of carbonyl (C=O) groups is 2. The molecular formula is C18H20N4O4S2. The highest BCUT2D eigenvalue weighted by Crippen LogP contribution is 2.33. The third kappa shape index (κ3) is 4.70. The van der Waals surface area contributed by atoms with Crippen LogP contribution in [0.2, 0.25) is 0 Å². The first-order valence-electron chi connectivity index (χ1n) is 8.51. The number of rotatable bonds is 5. The summed E-state index contributed by atoms with van der Waals surface area (Å²) in [5.41, 5.74) is 1.42. The van der Waals surface area contributed by atoms with Crippen molar-refractivity contribution in [2.75, 3.05) is 30.0 Å². The Labute approximate surface area is 167 Å². The highest BCUT2D eigenvalue weighted by atomic mass is 32.2. The molecule has 2 aromatic rings. The maximum absolute atomic E-state index is 12.8. The smallest absolute Gasteiger partial charge is 0.243 e. The topological polar surface area (TPSA) is 108 Å². The first kappa shape index (κ1) is 20.3. The Morgan fingerprint density at radius 1 is 1.32 bits per heavy atom. The number of amides is 2. The van der Waals surface area contributed by atoms with E-state index in [0.29, 0.717) is 23.7 Å². The van der Waals surface area contributed by atoms with E-state index in [4.69, 9.17) is 0 Å². The minimum atomic E-state index is -3.90. The van der Waals surface area contributed by atoms with Crippen LogP contribution in [0.5, 0.6) is 0 Å². The number of sulfonamides is 1. The standard InChI is InChI=1S/C18H20N4O4S2/c1-12-3-6-16(19-10-12)21-18(24)11-22(2)28(25,26)13-4-5-15-14(9-13)20-17(23)7-8-27-15/h3-6,9-10H,7-8,11H2,1-2H3,(H,20,23)(H,19,21,24). The monoisotopic (exact) mass is 420 g/mol. The molecule has 1 aliphatic rings. The molecule has 0 atom stereocenters. The number of nitrogens with zero attached hydrogens (tertiary/aromatic N) is 2. The summed E-state index contributed by atoms with van der Waals surface area (Å²) in [6.45, 7) is 1.51. The molecule has 1 aromatic carbocycles. The molecule has 1 aromatic heterocycles. The Morgan fingerprint density at radius 2 is 2.11 bits per heavy atom. The molecule has 2 heterocycles. The van der Waals surface area contributed by atoms with Crippen LogP contribution in [0, 0.1) is 6.92 Å². The molecule has 2 N–H and O–H groups in total. The third-order valence-corrected chi connectivity index (χ3v) is 6.94. The summed E-state index contributed by atoms with van der Waals surface area (Å²) in [5.74, 6) is 0.337. The fourth-order valence-corrected chi connectivity index (χ4v) is 4.64. The van der Waals surface area contributed by atoms with Gasteiger partial charge in [-0.15, -0.1) is 11.8 Å². The average molecular weight is 421 g/mol. The number of carbonyl (C=O) groups excluding carboxylic acids is 2. The molecule has 28 heavy (non-hydrogen) atoms. The molecule has 0 bridgehead atoms. The molecule has 0 radical (unpaired) electrons. The van der Waals surface area contributed by atoms with Crippen molar-refractivity contribution >= 4 is 45.1 Å². The Hall–Kier alpha value is -2.43. The minimum absolute atomic E-state index is 0.0119. The lowest BCUT2D eigenvalue weighted by Crippen LogP contribution is -2.35. The second kappa shape index (κ2) is 8.29. The zero-order valence-corrected chi connectivity index (χ0v) is 17.1. The van der Waals surface area contributed by atoms with Crippen LogP contribution in [-0.4, -0.2) is 48.9 Å². The largest absolute Gasteiger partial charge is 0.325 e. The summed E-state index contributed by atoms with van der Waals surface area (Å²) in [7, 11) is -2.57. The van der Waals surface area contributed by atoms with Gasteiger partial charge >= 0.3 is 0 Å². The lowest BCUT2D eigenvalue weighted by Gasteiger charge is -2.18. The molecular weight excluding hydrogens is 400 g/mol. The van der Waals surface area contributed by atoms with Crippen molar-refractivity contribution in [2.24, 2.45) is 0 Å². The second-order valence-corrected chi connectivity index (χ2v) is 9.52. The lowest BCUT2D eigenvalue weighted by molar-refractivity contribution is -0.116. The molecule has 0 saturated carbocycles. The van der Waals surface area contributed by atoms with Gasteiger partial charge in [0.05, 0.1) is 17.1 Å². The van der Waals surface area contributed by atoms with Crippen molar-refractivity contribution < 1.29 is 18.0 Å². The van der Waals surface area contributed by atoms with E-state index < -0.39 is 15.9 Å². The number of benzene rings is 1. The summed E-state index contributed by atoms with van der Waals surface area (Å²) in [4.78, 5) is 28.8. The van der Waals surface area contributed by atoms with E-state index in [2.05, 4.69) is 15.6 Å². The Balaban J connectivity index is 1.73. The SMILES string of the molecule is Cc1ccc(NC(=O)CN(C)S(=O)(=O)c2ccc3c(c2)NC(=O)CCS3)nc1. The second-order valence-electron chi connectivity index (χ2n) is 6.33. The van der Waals surface area contributed by atoms with E-state index >= 15 is 0 Å². The molecule has 0 fully saturated rings. The van der Waals surface area contributed by atoms with Gasteiger partial charge in [0.25, 0.3) is 0 Å². The van der Waals surface area contributed by atoms with Crippen molar-refractivity contribution in [1.29, 1.82) is 0 Å². The molecule has 0 unspecified atom stereocenters. The van der Waals surface area contributed by atoms with E-state index in [1.165, 1.54) is 30.9 Å². The molecule has 0 aliphatic carbocycles. The van der Waals surface area contributed by atoms with Crippen molar-refractivity contribution in [3.05, 3.63) is 42.1 Å². The minimum Gasteiger partial charge on any atom is -0.325 e. The van der Waals surface area contributed by atoms with Crippen molar-refractivity contribution in [3.8, 4) is 0 Å². The predicted octanol–water partition coefficient (Wildman–Crippen LogP) is 2.08. The van der Waals surface area contributed by atoms with Crippen molar-refractivity contribution in [3.63, 3.8) is 0 Å². The van der Waals surface area contributed by atoms with Crippen LogP contribution in [0.4, 0.5) is 11.5 Å². The quantitative estimate of drug-likeness (QED) is 0.767. The first-order valence-corrected chi connectivity index (χ1v) is 10.9. The van der Waals surface area contributed by atoms with Gasteiger partial charge in [-0.25, -0.2) is 13.4 Å². The number of hydrogen-bond donors (Lipinski definition) is 2. The lowest BCUT2D eigenvalue weighted by atomic mass is 10.3. The fourth-order valence-electron chi connectivity index (χ4n) is 2.55. The summed E-state index contributed by atoms with van der Waals surface area (Å²) in [6.07, 6.45) is 1.98. The summed E-state index contributed by atoms with van der Waals surface area (Å²) in [5, 5.41) is 5.29. The number of likely N-dealkylation sites (N-methyl/N-ethyl adjacent to an activating group) is 1. The number of fused-ring (bicyclic) bond motifs is 1. The van der Waals surface area contributed by atoms with E-state index in [1.54, 1.807) is 24.4 Å². The highest BCUT2D eigenvalue weighted by Gasteiger charge is 2.25. The molecule has 8 nitrogen and oxygen atoms in total. The first-order chi connectivity index (χ1) is 13.3. The van der Waals surface area contributed by atoms with Gasteiger partial charge in [-0.2, -0.15) is 4.31 Å². The van der Waals surface area contributed by atoms with Crippen molar-refractivity contribution in [2.45, 2.75) is 23.1 Å². The number of anilines is 2. The Morgan fingerprint density at radius 3 is 2.82 bits per heavy atom. The molecule has 3 rings (SSSR count). The molecule has 1 aliphatic heterocycles. The van der Waals surface area contributed by atoms with Crippen LogP contribution in [-0.2, 0) is 19.6 Å². The average Bonchev–Trinajstić information content (AvgIpc) is 2.83. The highest BCUT2D eigenvalue weighted by molar-refractivity contribution is 7.99. The van der Waals surface area contributed by atoms with Gasteiger partial charge in [-0.1, -0.05) is 6.07 Å². The molecule has 10 heteroatoms. The molecule has 0 saturated heterocycles. The van der Waals surface area contributed by atoms with Crippen LogP contribution in [0.3, 0.4) is 0 Å². The van der Waals surface area contributed by atoms with Gasteiger partial charge in [-0.05, 0) is 36.8 Å². The van der Waals surface area contributed by atoms with Gasteiger partial charge in [0.15, 0.2) is 0 Å². The Bertz CT molecular complexity index is 1010. The normalized spacial score (nSPS) is 14.2. The van der Waals surface area contributed by atoms with Crippen LogP contribution in [0.1, 0.15) is 12.0 Å². The van der Waals surface area contributed by atoms with Gasteiger partial charge in [0, 0.05) is 30.3 Å². The van der Waals surface area contributed by atoms with Crippen LogP contribution in [0.25, 0.3) is 0 Å². The number of hydrogen-bond acceptors (Lipinski definition) is 6. The third-order valence-electron chi connectivity index (χ3n) is 4.07. The molecule has 0 spiro atoms. The molecule has 148 valence electrons. The molecule has 2 amide bonds. The zero-order chi connectivity index (χ0) is 20.3. The maximum Gasteiger partial charge on any atom is 0.243 e. The number of aryl methyl sites for hydroxylation is 1. The number of pyridine rings is 1. The Kier molecular flexibility index (Phi) is 6.01. The predicted molar refractivity (Wildman–Crippen MR) is 108 cm³/mol. The van der Waals surface area contributed by atoms with Crippen LogP contribution >= 0.6 is 11.8 Å². The van der Waals surface area contributed by atoms with Gasteiger partial charge in [0.1, 0.15) is 5.82 Å². The van der Waals surface area contributed by atoms with Gasteiger partial charge < -0.3 is 10.6 Å². The fraction of sp³-hybridized carbons (Fsp3) is 0.278. The maximum atomic E-state index is 12.8. The summed E-state index contributed by atoms with van der Waals surface area (Å²) in [6, 6.07) is 8.02. The van der Waals surface area contributed by atoms with E-state index in [9.17, 15) is 18.0 Å². The van der Waals surface area contributed by atoms with Crippen LogP contribution in [0.15, 0.2) is 46.3 Å². The summed E-state index contributed by atoms with van der Waals surface area (Å²) >= 11 is 1.49. The summed E-state index contributed by atoms with van der Waals surface area (Å²) < 4.78 is 26.6. The van der Waals surface area contributed by atoms with Gasteiger partial charge in [0.2, 0.25) is 21.8 Å². The van der Waals surface area contributed by atoms with E-state index in [1.807, 2.05) is 6.92 Å². The van der Waals surface area contributed by atoms with Crippen LogP contribution < -0.4 is 10.6 Å².